The van der Waals surface area contributed by atoms with Crippen LogP contribution < -0.4 is 10.0 Å². The highest BCUT2D eigenvalue weighted by Gasteiger charge is 2.19. The van der Waals surface area contributed by atoms with Gasteiger partial charge >= 0.3 is 0 Å². The minimum absolute atomic E-state index is 0.683. The van der Waals surface area contributed by atoms with Gasteiger partial charge < -0.3 is 5.32 Å². The summed E-state index contributed by atoms with van der Waals surface area (Å²) in [4.78, 5) is 0. The van der Waals surface area contributed by atoms with Crippen molar-refractivity contribution in [2.75, 3.05) is 6.54 Å². The Morgan fingerprint density at radius 3 is 2.33 bits per heavy atom. The van der Waals surface area contributed by atoms with Crippen molar-refractivity contribution < 1.29 is 0 Å². The highest BCUT2D eigenvalue weighted by molar-refractivity contribution is 8.67. The second-order valence-electron chi connectivity index (χ2n) is 3.32. The molecule has 72 valence electrons. The molecule has 1 fully saturated rings. The van der Waals surface area contributed by atoms with E-state index in [1.165, 1.54) is 36.7 Å². The molecule has 0 bridgehead atoms. The van der Waals surface area contributed by atoms with Crippen LogP contribution in [0.25, 0.3) is 0 Å². The normalized spacial score (nSPS) is 30.5. The van der Waals surface area contributed by atoms with E-state index in [1.807, 2.05) is 0 Å². The van der Waals surface area contributed by atoms with Crippen LogP contribution >= 0.6 is 22.6 Å². The van der Waals surface area contributed by atoms with Crippen LogP contribution in [0.2, 0.25) is 0 Å². The molecule has 0 amide bonds. The zero-order chi connectivity index (χ0) is 8.81. The van der Waals surface area contributed by atoms with Crippen molar-refractivity contribution in [3.63, 3.8) is 0 Å². The zero-order valence-electron chi connectivity index (χ0n) is 7.55. The first-order chi connectivity index (χ1) is 5.86. The van der Waals surface area contributed by atoms with Crippen molar-refractivity contribution in [1.82, 2.24) is 10.0 Å². The molecular weight excluding hydrogens is 188 g/mol. The molecule has 0 radical (unpaired) electrons. The van der Waals surface area contributed by atoms with Crippen LogP contribution in [0.5, 0.6) is 0 Å². The fraction of sp³-hybridized carbons (Fsp3) is 1.00. The van der Waals surface area contributed by atoms with Gasteiger partial charge in [-0.25, -0.2) is 0 Å². The lowest BCUT2D eigenvalue weighted by atomic mass is 9.92. The predicted octanol–water partition coefficient (Wildman–Crippen LogP) is 1.99. The minimum Gasteiger partial charge on any atom is -0.314 e. The van der Waals surface area contributed by atoms with Gasteiger partial charge in [-0.15, -0.1) is 0 Å². The van der Waals surface area contributed by atoms with Gasteiger partial charge in [0.1, 0.15) is 0 Å². The Kier molecular flexibility index (Phi) is 5.47. The third-order valence-electron chi connectivity index (χ3n) is 2.44. The maximum absolute atomic E-state index is 4.08. The number of rotatable bonds is 4. The number of hydrogen-bond acceptors (Lipinski definition) is 4. The lowest BCUT2D eigenvalue weighted by Gasteiger charge is -2.28. The lowest BCUT2D eigenvalue weighted by Crippen LogP contribution is -2.37. The van der Waals surface area contributed by atoms with E-state index < -0.39 is 0 Å². The molecule has 0 spiro atoms. The van der Waals surface area contributed by atoms with Gasteiger partial charge in [0, 0.05) is 12.1 Å². The average molecular weight is 206 g/mol. The monoisotopic (exact) mass is 206 g/mol. The third kappa shape index (κ3) is 3.56. The zero-order valence-corrected chi connectivity index (χ0v) is 9.26. The van der Waals surface area contributed by atoms with Gasteiger partial charge in [0.25, 0.3) is 0 Å². The fourth-order valence-electron chi connectivity index (χ4n) is 1.78. The standard InChI is InChI=1S/C8H18N2S2/c1-2-9-7-3-5-8(6-4-7)10-12-11/h7-11H,2-6H2,1H3. The lowest BCUT2D eigenvalue weighted by molar-refractivity contribution is 0.338. The molecule has 1 saturated carbocycles. The van der Waals surface area contributed by atoms with Crippen LogP contribution in [-0.4, -0.2) is 18.6 Å². The Hall–Kier alpha value is 0.620. The van der Waals surface area contributed by atoms with Crippen molar-refractivity contribution in [2.24, 2.45) is 0 Å². The predicted molar refractivity (Wildman–Crippen MR) is 59.4 cm³/mol. The Bertz CT molecular complexity index is 99.6. The molecule has 0 unspecified atom stereocenters. The molecule has 2 nitrogen and oxygen atoms in total. The van der Waals surface area contributed by atoms with E-state index >= 15 is 0 Å². The Balaban J connectivity index is 2.11. The highest BCUT2D eigenvalue weighted by Crippen LogP contribution is 2.20. The first-order valence-corrected chi connectivity index (χ1v) is 6.53. The highest BCUT2D eigenvalue weighted by atomic mass is 33.1. The molecule has 1 aliphatic rings. The van der Waals surface area contributed by atoms with Gasteiger partial charge in [-0.1, -0.05) is 18.6 Å². The topological polar surface area (TPSA) is 24.1 Å². The summed E-state index contributed by atoms with van der Waals surface area (Å²) in [7, 11) is 1.45. The molecule has 1 aliphatic carbocycles. The molecule has 0 aliphatic heterocycles. The maximum atomic E-state index is 4.08. The van der Waals surface area contributed by atoms with Gasteiger partial charge in [0.15, 0.2) is 0 Å². The number of thiol groups is 1. The van der Waals surface area contributed by atoms with E-state index in [9.17, 15) is 0 Å². The van der Waals surface area contributed by atoms with Gasteiger partial charge in [-0.2, -0.15) is 0 Å². The summed E-state index contributed by atoms with van der Waals surface area (Å²) in [6, 6.07) is 1.44. The Labute approximate surface area is 84.2 Å². The minimum atomic E-state index is 0.683. The summed E-state index contributed by atoms with van der Waals surface area (Å²) in [5, 5.41) is 3.49. The van der Waals surface area contributed by atoms with Crippen molar-refractivity contribution in [1.29, 1.82) is 0 Å². The first kappa shape index (κ1) is 10.7. The van der Waals surface area contributed by atoms with Crippen LogP contribution in [0.1, 0.15) is 32.6 Å². The molecule has 0 heterocycles. The second-order valence-corrected chi connectivity index (χ2v) is 4.28. The quantitative estimate of drug-likeness (QED) is 0.372. The van der Waals surface area contributed by atoms with Crippen LogP contribution in [-0.2, 0) is 0 Å². The molecule has 0 aromatic carbocycles. The maximum Gasteiger partial charge on any atom is 0.0180 e. The van der Waals surface area contributed by atoms with E-state index in [4.69, 9.17) is 0 Å². The molecule has 0 aromatic heterocycles. The van der Waals surface area contributed by atoms with Gasteiger partial charge in [0.05, 0.1) is 0 Å². The molecule has 2 N–H and O–H groups in total. The summed E-state index contributed by atoms with van der Waals surface area (Å²) in [6.07, 6.45) is 5.18. The smallest absolute Gasteiger partial charge is 0.0180 e. The molecular formula is C8H18N2S2. The SMILES string of the molecule is CCNC1CCC(NSS)CC1. The third-order valence-corrected chi connectivity index (χ3v) is 3.19. The van der Waals surface area contributed by atoms with Crippen LogP contribution in [0.4, 0.5) is 0 Å². The molecule has 0 saturated heterocycles. The fourth-order valence-corrected chi connectivity index (χ4v) is 2.61. The summed E-state index contributed by atoms with van der Waals surface area (Å²) < 4.78 is 3.30. The molecule has 4 heteroatoms. The molecule has 1 rings (SSSR count). The van der Waals surface area contributed by atoms with E-state index in [2.05, 4.69) is 28.6 Å². The van der Waals surface area contributed by atoms with Gasteiger partial charge in [-0.05, 0) is 43.2 Å². The second kappa shape index (κ2) is 6.13. The van der Waals surface area contributed by atoms with E-state index in [0.29, 0.717) is 6.04 Å². The average Bonchev–Trinajstić information content (AvgIpc) is 2.09. The van der Waals surface area contributed by atoms with Crippen LogP contribution in [0, 0.1) is 0 Å². The van der Waals surface area contributed by atoms with Crippen molar-refractivity contribution in [3.8, 4) is 0 Å². The van der Waals surface area contributed by atoms with Crippen LogP contribution in [0.3, 0.4) is 0 Å². The first-order valence-electron chi connectivity index (χ1n) is 4.66. The Morgan fingerprint density at radius 1 is 1.25 bits per heavy atom. The van der Waals surface area contributed by atoms with Crippen molar-refractivity contribution in [3.05, 3.63) is 0 Å². The summed E-state index contributed by atoms with van der Waals surface area (Å²) in [5.41, 5.74) is 0. The van der Waals surface area contributed by atoms with Gasteiger partial charge in [0.2, 0.25) is 0 Å². The largest absolute Gasteiger partial charge is 0.314 e. The van der Waals surface area contributed by atoms with Gasteiger partial charge in [-0.3, -0.25) is 4.72 Å². The van der Waals surface area contributed by atoms with Crippen molar-refractivity contribution >= 4 is 22.6 Å². The van der Waals surface area contributed by atoms with E-state index in [1.54, 1.807) is 0 Å². The summed E-state index contributed by atoms with van der Waals surface area (Å²) in [6.45, 7) is 3.28. The van der Waals surface area contributed by atoms with Crippen LogP contribution in [0.15, 0.2) is 0 Å². The summed E-state index contributed by atoms with van der Waals surface area (Å²) >= 11 is 4.08. The molecule has 0 atom stereocenters. The number of hydrogen-bond donors (Lipinski definition) is 3. The molecule has 12 heavy (non-hydrogen) atoms. The van der Waals surface area contributed by atoms with E-state index in [-0.39, 0.29) is 0 Å². The molecule has 0 aromatic rings. The van der Waals surface area contributed by atoms with Crippen molar-refractivity contribution in [2.45, 2.75) is 44.7 Å². The Morgan fingerprint density at radius 2 is 1.83 bits per heavy atom. The van der Waals surface area contributed by atoms with E-state index in [0.717, 1.165) is 12.6 Å². The summed E-state index contributed by atoms with van der Waals surface area (Å²) in [5.74, 6) is 0. The number of nitrogens with one attached hydrogen (secondary N) is 2.